The van der Waals surface area contributed by atoms with Crippen LogP contribution in [0.2, 0.25) is 0 Å². The van der Waals surface area contributed by atoms with Crippen LogP contribution in [0.3, 0.4) is 0 Å². The Balaban J connectivity index is 1.95. The van der Waals surface area contributed by atoms with Crippen LogP contribution in [0.4, 0.5) is 0 Å². The van der Waals surface area contributed by atoms with E-state index >= 15 is 0 Å². The SMILES string of the molecule is COc1ccc(OC)c(C(O)CNCC2(O)CCC2)c1. The number of aliphatic hydroxyl groups excluding tert-OH is 1. The summed E-state index contributed by atoms with van der Waals surface area (Å²) in [5, 5.41) is 23.4. The third-order valence-electron chi connectivity index (χ3n) is 3.87. The van der Waals surface area contributed by atoms with Gasteiger partial charge >= 0.3 is 0 Å². The second kappa shape index (κ2) is 6.43. The van der Waals surface area contributed by atoms with Crippen LogP contribution >= 0.6 is 0 Å². The average molecular weight is 281 g/mol. The molecule has 0 aromatic heterocycles. The molecule has 0 radical (unpaired) electrons. The molecule has 0 amide bonds. The number of aliphatic hydroxyl groups is 2. The standard InChI is InChI=1S/C15H23NO4/c1-19-11-4-5-14(20-2)12(8-11)13(17)9-16-10-15(18)6-3-7-15/h4-5,8,13,16-18H,3,6-7,9-10H2,1-2H3. The van der Waals surface area contributed by atoms with E-state index < -0.39 is 11.7 Å². The minimum atomic E-state index is -0.705. The van der Waals surface area contributed by atoms with Crippen molar-refractivity contribution in [2.75, 3.05) is 27.3 Å². The molecule has 1 atom stereocenters. The molecule has 3 N–H and O–H groups in total. The molecule has 0 bridgehead atoms. The molecule has 0 heterocycles. The molecule has 1 aromatic rings. The van der Waals surface area contributed by atoms with Gasteiger partial charge in [-0.15, -0.1) is 0 Å². The van der Waals surface area contributed by atoms with Crippen LogP contribution in [-0.2, 0) is 0 Å². The Morgan fingerprint density at radius 1 is 1.30 bits per heavy atom. The summed E-state index contributed by atoms with van der Waals surface area (Å²) in [6.45, 7) is 0.877. The maximum absolute atomic E-state index is 10.3. The molecule has 2 rings (SSSR count). The van der Waals surface area contributed by atoms with Crippen molar-refractivity contribution in [1.82, 2.24) is 5.32 Å². The summed E-state index contributed by atoms with van der Waals surface area (Å²) in [5.74, 6) is 1.31. The van der Waals surface area contributed by atoms with Crippen molar-refractivity contribution in [3.63, 3.8) is 0 Å². The second-order valence-corrected chi connectivity index (χ2v) is 5.33. The van der Waals surface area contributed by atoms with Gasteiger partial charge in [-0.2, -0.15) is 0 Å². The Morgan fingerprint density at radius 3 is 2.60 bits per heavy atom. The quantitative estimate of drug-likeness (QED) is 0.701. The lowest BCUT2D eigenvalue weighted by Gasteiger charge is -2.37. The van der Waals surface area contributed by atoms with E-state index in [1.165, 1.54) is 0 Å². The maximum Gasteiger partial charge on any atom is 0.124 e. The summed E-state index contributed by atoms with van der Waals surface area (Å²) >= 11 is 0. The van der Waals surface area contributed by atoms with Gasteiger partial charge in [-0.1, -0.05) is 0 Å². The van der Waals surface area contributed by atoms with Crippen LogP contribution in [0.15, 0.2) is 18.2 Å². The molecule has 0 aliphatic heterocycles. The minimum absolute atomic E-state index is 0.367. The van der Waals surface area contributed by atoms with Crippen molar-refractivity contribution >= 4 is 0 Å². The highest BCUT2D eigenvalue weighted by Crippen LogP contribution is 2.31. The zero-order valence-electron chi connectivity index (χ0n) is 12.1. The molecule has 1 aromatic carbocycles. The van der Waals surface area contributed by atoms with Crippen LogP contribution in [0.1, 0.15) is 30.9 Å². The van der Waals surface area contributed by atoms with E-state index in [2.05, 4.69) is 5.32 Å². The largest absolute Gasteiger partial charge is 0.497 e. The van der Waals surface area contributed by atoms with Gasteiger partial charge in [0.15, 0.2) is 0 Å². The first-order chi connectivity index (χ1) is 9.58. The second-order valence-electron chi connectivity index (χ2n) is 5.33. The first kappa shape index (κ1) is 15.1. The van der Waals surface area contributed by atoms with Gasteiger partial charge in [0.05, 0.1) is 25.9 Å². The van der Waals surface area contributed by atoms with Crippen molar-refractivity contribution < 1.29 is 19.7 Å². The lowest BCUT2D eigenvalue weighted by molar-refractivity contribution is -0.0328. The van der Waals surface area contributed by atoms with E-state index in [0.29, 0.717) is 30.2 Å². The number of ether oxygens (including phenoxy) is 2. The highest BCUT2D eigenvalue weighted by Gasteiger charge is 2.33. The fraction of sp³-hybridized carbons (Fsp3) is 0.600. The number of hydrogen-bond acceptors (Lipinski definition) is 5. The molecule has 5 heteroatoms. The summed E-state index contributed by atoms with van der Waals surface area (Å²) in [5.41, 5.74) is 0.0954. The van der Waals surface area contributed by atoms with E-state index in [1.807, 2.05) is 0 Å². The molecule has 0 saturated heterocycles. The average Bonchev–Trinajstić information content (AvgIpc) is 2.44. The summed E-state index contributed by atoms with van der Waals surface area (Å²) in [6, 6.07) is 5.33. The fourth-order valence-corrected chi connectivity index (χ4v) is 2.41. The number of hydrogen-bond donors (Lipinski definition) is 3. The molecular formula is C15H23NO4. The van der Waals surface area contributed by atoms with Crippen LogP contribution < -0.4 is 14.8 Å². The van der Waals surface area contributed by atoms with E-state index in [9.17, 15) is 10.2 Å². The van der Waals surface area contributed by atoms with Crippen LogP contribution in [-0.4, -0.2) is 43.1 Å². The summed E-state index contributed by atoms with van der Waals surface area (Å²) in [7, 11) is 3.16. The van der Waals surface area contributed by atoms with Gasteiger partial charge < -0.3 is 25.0 Å². The third kappa shape index (κ3) is 3.42. The van der Waals surface area contributed by atoms with Gasteiger partial charge in [0, 0.05) is 18.7 Å². The monoisotopic (exact) mass is 281 g/mol. The van der Waals surface area contributed by atoms with Crippen molar-refractivity contribution in [2.45, 2.75) is 31.0 Å². The summed E-state index contributed by atoms with van der Waals surface area (Å²) in [4.78, 5) is 0. The van der Waals surface area contributed by atoms with Crippen molar-refractivity contribution in [3.05, 3.63) is 23.8 Å². The zero-order valence-corrected chi connectivity index (χ0v) is 12.1. The Labute approximate surface area is 119 Å². The molecule has 1 aliphatic carbocycles. The van der Waals surface area contributed by atoms with Crippen molar-refractivity contribution in [2.24, 2.45) is 0 Å². The molecular weight excluding hydrogens is 258 g/mol. The van der Waals surface area contributed by atoms with Gasteiger partial charge in [-0.25, -0.2) is 0 Å². The molecule has 1 saturated carbocycles. The molecule has 20 heavy (non-hydrogen) atoms. The summed E-state index contributed by atoms with van der Waals surface area (Å²) < 4.78 is 10.4. The van der Waals surface area contributed by atoms with Gasteiger partial charge in [0.25, 0.3) is 0 Å². The van der Waals surface area contributed by atoms with Gasteiger partial charge in [0.2, 0.25) is 0 Å². The first-order valence-corrected chi connectivity index (χ1v) is 6.91. The lowest BCUT2D eigenvalue weighted by Crippen LogP contribution is -2.47. The van der Waals surface area contributed by atoms with Crippen molar-refractivity contribution in [3.8, 4) is 11.5 Å². The highest BCUT2D eigenvalue weighted by atomic mass is 16.5. The van der Waals surface area contributed by atoms with Gasteiger partial charge in [0.1, 0.15) is 11.5 Å². The Morgan fingerprint density at radius 2 is 2.05 bits per heavy atom. The Bertz CT molecular complexity index is 445. The highest BCUT2D eigenvalue weighted by molar-refractivity contribution is 5.41. The van der Waals surface area contributed by atoms with E-state index in [-0.39, 0.29) is 0 Å². The van der Waals surface area contributed by atoms with E-state index in [1.54, 1.807) is 32.4 Å². The molecule has 1 unspecified atom stereocenters. The summed E-state index contributed by atoms with van der Waals surface area (Å²) in [6.07, 6.45) is 2.03. The normalized spacial score (nSPS) is 18.2. The number of benzene rings is 1. The smallest absolute Gasteiger partial charge is 0.124 e. The van der Waals surface area contributed by atoms with E-state index in [4.69, 9.17) is 9.47 Å². The maximum atomic E-state index is 10.3. The van der Waals surface area contributed by atoms with Crippen LogP contribution in [0.25, 0.3) is 0 Å². The topological polar surface area (TPSA) is 71.0 Å². The van der Waals surface area contributed by atoms with Crippen LogP contribution in [0.5, 0.6) is 11.5 Å². The predicted molar refractivity (Wildman–Crippen MR) is 76.2 cm³/mol. The third-order valence-corrected chi connectivity index (χ3v) is 3.87. The van der Waals surface area contributed by atoms with Crippen molar-refractivity contribution in [1.29, 1.82) is 0 Å². The molecule has 112 valence electrons. The number of rotatable bonds is 7. The number of methoxy groups -OCH3 is 2. The fourth-order valence-electron chi connectivity index (χ4n) is 2.41. The van der Waals surface area contributed by atoms with Gasteiger partial charge in [-0.05, 0) is 37.5 Å². The molecule has 0 spiro atoms. The molecule has 1 aliphatic rings. The van der Waals surface area contributed by atoms with Crippen LogP contribution in [0, 0.1) is 0 Å². The minimum Gasteiger partial charge on any atom is -0.497 e. The predicted octanol–water partition coefficient (Wildman–Crippen LogP) is 1.24. The molecule has 1 fully saturated rings. The van der Waals surface area contributed by atoms with E-state index in [0.717, 1.165) is 19.3 Å². The Hall–Kier alpha value is -1.30. The van der Waals surface area contributed by atoms with Gasteiger partial charge in [-0.3, -0.25) is 0 Å². The number of nitrogens with one attached hydrogen (secondary N) is 1. The first-order valence-electron chi connectivity index (χ1n) is 6.91. The lowest BCUT2D eigenvalue weighted by atomic mass is 9.80. The molecule has 5 nitrogen and oxygen atoms in total. The zero-order chi connectivity index (χ0) is 14.6. The Kier molecular flexibility index (Phi) is 4.86.